The van der Waals surface area contributed by atoms with Gasteiger partial charge in [-0.1, -0.05) is 42.0 Å². The molecule has 1 N–H and O–H groups in total. The number of halogens is 1. The van der Waals surface area contributed by atoms with Gasteiger partial charge < -0.3 is 5.32 Å². The molecule has 0 spiro atoms. The molecule has 3 heteroatoms. The van der Waals surface area contributed by atoms with Crippen LogP contribution in [0.1, 0.15) is 28.4 Å². The van der Waals surface area contributed by atoms with Gasteiger partial charge in [0.1, 0.15) is 5.82 Å². The molecule has 0 fully saturated rings. The van der Waals surface area contributed by atoms with Gasteiger partial charge in [0.25, 0.3) is 0 Å². The third-order valence-corrected chi connectivity index (χ3v) is 3.17. The summed E-state index contributed by atoms with van der Waals surface area (Å²) in [5.74, 6) is -0.278. The molecular weight excluding hydrogens is 265 g/mol. The monoisotopic (exact) mass is 283 g/mol. The molecule has 0 radical (unpaired) electrons. The summed E-state index contributed by atoms with van der Waals surface area (Å²) in [6.07, 6.45) is 1.58. The summed E-state index contributed by atoms with van der Waals surface area (Å²) in [6.45, 7) is 4.39. The van der Waals surface area contributed by atoms with Crippen LogP contribution < -0.4 is 5.32 Å². The fourth-order valence-corrected chi connectivity index (χ4v) is 1.89. The molecule has 0 heterocycles. The van der Waals surface area contributed by atoms with Gasteiger partial charge in [0.15, 0.2) is 5.78 Å². The van der Waals surface area contributed by atoms with E-state index in [0.29, 0.717) is 12.1 Å². The second-order valence-electron chi connectivity index (χ2n) is 5.04. The number of nitrogens with one attached hydrogen (secondary N) is 1. The molecule has 0 aromatic heterocycles. The van der Waals surface area contributed by atoms with Crippen molar-refractivity contribution in [3.8, 4) is 0 Å². The van der Waals surface area contributed by atoms with Crippen molar-refractivity contribution in [3.05, 3.63) is 82.8 Å². The Balaban J connectivity index is 1.95. The first-order chi connectivity index (χ1) is 10.0. The van der Waals surface area contributed by atoms with Crippen LogP contribution in [0.15, 0.2) is 60.3 Å². The summed E-state index contributed by atoms with van der Waals surface area (Å²) in [6, 6.07) is 13.8. The predicted molar refractivity (Wildman–Crippen MR) is 82.5 cm³/mol. The van der Waals surface area contributed by atoms with Crippen molar-refractivity contribution in [2.24, 2.45) is 0 Å². The summed E-state index contributed by atoms with van der Waals surface area (Å²) in [4.78, 5) is 12.1. The maximum Gasteiger partial charge on any atom is 0.187 e. The Morgan fingerprint density at radius 2 is 1.71 bits per heavy atom. The van der Waals surface area contributed by atoms with E-state index in [9.17, 15) is 9.18 Å². The second kappa shape index (κ2) is 6.84. The molecule has 0 saturated carbocycles. The number of ketones is 1. The zero-order chi connectivity index (χ0) is 15.2. The van der Waals surface area contributed by atoms with E-state index in [-0.39, 0.29) is 11.6 Å². The maximum atomic E-state index is 12.8. The molecule has 0 atom stereocenters. The van der Waals surface area contributed by atoms with E-state index in [0.717, 1.165) is 16.8 Å². The minimum Gasteiger partial charge on any atom is -0.384 e. The van der Waals surface area contributed by atoms with Crippen LogP contribution in [0.5, 0.6) is 0 Å². The lowest BCUT2D eigenvalue weighted by molar-refractivity contribution is 0.104. The van der Waals surface area contributed by atoms with Crippen LogP contribution in [-0.4, -0.2) is 5.78 Å². The Morgan fingerprint density at radius 1 is 1.10 bits per heavy atom. The third kappa shape index (κ3) is 4.56. The van der Waals surface area contributed by atoms with Crippen LogP contribution in [0.25, 0.3) is 0 Å². The van der Waals surface area contributed by atoms with Gasteiger partial charge in [0.05, 0.1) is 0 Å². The highest BCUT2D eigenvalue weighted by Crippen LogP contribution is 2.07. The molecule has 108 valence electrons. The Hall–Kier alpha value is -2.42. The molecule has 0 saturated heterocycles. The molecule has 0 amide bonds. The van der Waals surface area contributed by atoms with Crippen LogP contribution in [0, 0.1) is 12.7 Å². The molecule has 21 heavy (non-hydrogen) atoms. The van der Waals surface area contributed by atoms with Crippen LogP contribution in [0.4, 0.5) is 4.39 Å². The smallest absolute Gasteiger partial charge is 0.187 e. The van der Waals surface area contributed by atoms with E-state index in [4.69, 9.17) is 0 Å². The number of aryl methyl sites for hydroxylation is 1. The molecule has 0 aliphatic rings. The molecule has 0 aliphatic heterocycles. The van der Waals surface area contributed by atoms with E-state index in [1.807, 2.05) is 38.1 Å². The first kappa shape index (κ1) is 15.0. The van der Waals surface area contributed by atoms with E-state index >= 15 is 0 Å². The Morgan fingerprint density at radius 3 is 2.33 bits per heavy atom. The van der Waals surface area contributed by atoms with E-state index in [2.05, 4.69) is 5.32 Å². The van der Waals surface area contributed by atoms with E-state index in [1.54, 1.807) is 18.2 Å². The number of hydrogen-bond acceptors (Lipinski definition) is 2. The van der Waals surface area contributed by atoms with Crippen molar-refractivity contribution < 1.29 is 9.18 Å². The first-order valence-corrected chi connectivity index (χ1v) is 6.82. The van der Waals surface area contributed by atoms with Crippen LogP contribution >= 0.6 is 0 Å². The largest absolute Gasteiger partial charge is 0.384 e. The number of hydrogen-bond donors (Lipinski definition) is 1. The van der Waals surface area contributed by atoms with Gasteiger partial charge in [-0.15, -0.1) is 0 Å². The van der Waals surface area contributed by atoms with Gasteiger partial charge in [-0.3, -0.25) is 4.79 Å². The van der Waals surface area contributed by atoms with Crippen molar-refractivity contribution in [3.63, 3.8) is 0 Å². The van der Waals surface area contributed by atoms with Gasteiger partial charge in [0, 0.05) is 23.9 Å². The van der Waals surface area contributed by atoms with Gasteiger partial charge in [-0.25, -0.2) is 4.39 Å². The minimum absolute atomic E-state index is 0.0286. The molecule has 2 aromatic carbocycles. The van der Waals surface area contributed by atoms with Crippen LogP contribution in [0.2, 0.25) is 0 Å². The lowest BCUT2D eigenvalue weighted by Crippen LogP contribution is -2.12. The van der Waals surface area contributed by atoms with Crippen molar-refractivity contribution in [1.82, 2.24) is 5.32 Å². The standard InChI is InChI=1S/C18H18FNO/c1-13-3-7-16(8-4-13)18(21)11-14(2)20-12-15-5-9-17(19)10-6-15/h3-11,20H,12H2,1-2H3/b14-11-. The fourth-order valence-electron chi connectivity index (χ4n) is 1.89. The van der Waals surface area contributed by atoms with Crippen molar-refractivity contribution in [2.75, 3.05) is 0 Å². The molecule has 0 aliphatic carbocycles. The summed E-state index contributed by atoms with van der Waals surface area (Å²) in [7, 11) is 0. The Labute approximate surface area is 124 Å². The molecule has 2 rings (SSSR count). The number of rotatable bonds is 5. The maximum absolute atomic E-state index is 12.8. The minimum atomic E-state index is -0.249. The van der Waals surface area contributed by atoms with Crippen molar-refractivity contribution in [1.29, 1.82) is 0 Å². The Bertz CT molecular complexity index is 642. The molecule has 0 unspecified atom stereocenters. The van der Waals surface area contributed by atoms with E-state index < -0.39 is 0 Å². The zero-order valence-corrected chi connectivity index (χ0v) is 12.2. The van der Waals surface area contributed by atoms with Gasteiger partial charge >= 0.3 is 0 Å². The van der Waals surface area contributed by atoms with Crippen LogP contribution in [-0.2, 0) is 6.54 Å². The molecule has 2 nitrogen and oxygen atoms in total. The van der Waals surface area contributed by atoms with Gasteiger partial charge in [0.2, 0.25) is 0 Å². The lowest BCUT2D eigenvalue weighted by Gasteiger charge is -2.06. The average molecular weight is 283 g/mol. The molecule has 0 bridgehead atoms. The highest BCUT2D eigenvalue weighted by molar-refractivity contribution is 6.04. The number of carbonyl (C=O) groups excluding carboxylic acids is 1. The number of benzene rings is 2. The topological polar surface area (TPSA) is 29.1 Å². The van der Waals surface area contributed by atoms with Gasteiger partial charge in [-0.2, -0.15) is 0 Å². The second-order valence-corrected chi connectivity index (χ2v) is 5.04. The third-order valence-electron chi connectivity index (χ3n) is 3.17. The quantitative estimate of drug-likeness (QED) is 0.663. The average Bonchev–Trinajstić information content (AvgIpc) is 2.47. The molecular formula is C18H18FNO. The summed E-state index contributed by atoms with van der Waals surface area (Å²) >= 11 is 0. The fraction of sp³-hybridized carbons (Fsp3) is 0.167. The zero-order valence-electron chi connectivity index (χ0n) is 12.2. The van der Waals surface area contributed by atoms with Gasteiger partial charge in [-0.05, 0) is 31.5 Å². The highest BCUT2D eigenvalue weighted by Gasteiger charge is 2.02. The summed E-state index contributed by atoms with van der Waals surface area (Å²) in [5, 5.41) is 3.15. The van der Waals surface area contributed by atoms with Crippen molar-refractivity contribution >= 4 is 5.78 Å². The summed E-state index contributed by atoms with van der Waals surface area (Å²) in [5.41, 5.74) is 3.54. The SMILES string of the molecule is C/C(=C/C(=O)c1ccc(C)cc1)NCc1ccc(F)cc1. The normalized spacial score (nSPS) is 11.3. The first-order valence-electron chi connectivity index (χ1n) is 6.82. The number of carbonyl (C=O) groups is 1. The summed E-state index contributed by atoms with van der Waals surface area (Å²) < 4.78 is 12.8. The predicted octanol–water partition coefficient (Wildman–Crippen LogP) is 4.01. The molecule has 2 aromatic rings. The van der Waals surface area contributed by atoms with Crippen LogP contribution in [0.3, 0.4) is 0 Å². The highest BCUT2D eigenvalue weighted by atomic mass is 19.1. The number of allylic oxidation sites excluding steroid dienone is 2. The van der Waals surface area contributed by atoms with E-state index in [1.165, 1.54) is 12.1 Å². The van der Waals surface area contributed by atoms with Crippen molar-refractivity contribution in [2.45, 2.75) is 20.4 Å². The lowest BCUT2D eigenvalue weighted by atomic mass is 10.1. The Kier molecular flexibility index (Phi) is 4.88.